The molecule has 8 nitrogen and oxygen atoms in total. The van der Waals surface area contributed by atoms with Crippen LogP contribution in [0.4, 0.5) is 5.69 Å². The summed E-state index contributed by atoms with van der Waals surface area (Å²) in [6.45, 7) is 2.21. The second-order valence-electron chi connectivity index (χ2n) is 6.84. The molecule has 8 heteroatoms. The normalized spacial score (nSPS) is 19.3. The molecule has 1 fully saturated rings. The van der Waals surface area contributed by atoms with Crippen LogP contribution in [0, 0.1) is 5.92 Å². The van der Waals surface area contributed by atoms with Crippen LogP contribution in [0.1, 0.15) is 36.5 Å². The number of benzene rings is 1. The van der Waals surface area contributed by atoms with Gasteiger partial charge in [-0.05, 0) is 38.0 Å². The van der Waals surface area contributed by atoms with E-state index in [1.807, 2.05) is 0 Å². The fourth-order valence-electron chi connectivity index (χ4n) is 3.44. The number of aliphatic carboxylic acids is 1. The van der Waals surface area contributed by atoms with Crippen LogP contribution in [0.25, 0.3) is 0 Å². The van der Waals surface area contributed by atoms with Crippen molar-refractivity contribution in [1.82, 2.24) is 4.90 Å². The van der Waals surface area contributed by atoms with Gasteiger partial charge in [0.05, 0.1) is 11.6 Å². The number of hydrogen-bond acceptors (Lipinski definition) is 5. The Morgan fingerprint density at radius 3 is 2.78 bits per heavy atom. The number of carbonyl (C=O) groups excluding carboxylic acids is 3. The van der Waals surface area contributed by atoms with E-state index in [1.165, 1.54) is 11.8 Å². The fourth-order valence-corrected chi connectivity index (χ4v) is 3.44. The third-order valence-electron chi connectivity index (χ3n) is 4.98. The van der Waals surface area contributed by atoms with Gasteiger partial charge in [-0.15, -0.1) is 0 Å². The fraction of sp³-hybridized carbons (Fsp3) is 0.474. The Hall–Kier alpha value is -2.90. The van der Waals surface area contributed by atoms with E-state index in [0.29, 0.717) is 36.4 Å². The number of piperidine rings is 1. The van der Waals surface area contributed by atoms with Crippen LogP contribution >= 0.6 is 0 Å². The van der Waals surface area contributed by atoms with Gasteiger partial charge in [-0.2, -0.15) is 0 Å². The number of carbonyl (C=O) groups is 4. The van der Waals surface area contributed by atoms with Crippen molar-refractivity contribution in [3.8, 4) is 5.75 Å². The van der Waals surface area contributed by atoms with E-state index in [-0.39, 0.29) is 43.7 Å². The van der Waals surface area contributed by atoms with Crippen LogP contribution in [-0.4, -0.2) is 59.8 Å². The molecule has 1 N–H and O–H groups in total. The van der Waals surface area contributed by atoms with E-state index >= 15 is 0 Å². The highest BCUT2D eigenvalue weighted by molar-refractivity contribution is 6.01. The minimum absolute atomic E-state index is 0.0851. The number of nitrogens with zero attached hydrogens (tertiary/aromatic N) is 2. The van der Waals surface area contributed by atoms with E-state index in [9.17, 15) is 19.2 Å². The summed E-state index contributed by atoms with van der Waals surface area (Å²) in [7, 11) is 0. The molecule has 1 aromatic rings. The molecule has 3 rings (SSSR count). The molecule has 0 bridgehead atoms. The topological polar surface area (TPSA) is 104 Å². The Balaban J connectivity index is 1.69. The second kappa shape index (κ2) is 7.77. The number of anilines is 1. The van der Waals surface area contributed by atoms with Crippen LogP contribution < -0.4 is 9.64 Å². The molecule has 1 atom stereocenters. The van der Waals surface area contributed by atoms with E-state index in [4.69, 9.17) is 9.84 Å². The molecular weight excluding hydrogens is 352 g/mol. The number of amides is 2. The average Bonchev–Trinajstić information content (AvgIpc) is 2.66. The first kappa shape index (κ1) is 18.9. The standard InChI is InChI=1S/C19H22N2O6/c1-12(22)13-4-5-16-15(9-13)21(18(24)11-27-16)8-6-17(23)20-7-2-3-14(10-20)19(25)26/h4-5,9,14H,2-3,6-8,10-11H2,1H3,(H,25,26). The highest BCUT2D eigenvalue weighted by Gasteiger charge is 2.30. The van der Waals surface area contributed by atoms with Crippen LogP contribution in [0.3, 0.4) is 0 Å². The van der Waals surface area contributed by atoms with E-state index < -0.39 is 11.9 Å². The van der Waals surface area contributed by atoms with Gasteiger partial charge < -0.3 is 19.6 Å². The van der Waals surface area contributed by atoms with Crippen molar-refractivity contribution < 1.29 is 29.0 Å². The Kier molecular flexibility index (Phi) is 5.43. The molecule has 144 valence electrons. The lowest BCUT2D eigenvalue weighted by Crippen LogP contribution is -2.45. The maximum Gasteiger partial charge on any atom is 0.308 e. The maximum atomic E-state index is 12.5. The van der Waals surface area contributed by atoms with E-state index in [1.54, 1.807) is 23.1 Å². The van der Waals surface area contributed by atoms with Gasteiger partial charge in [-0.1, -0.05) is 0 Å². The number of rotatable bonds is 5. The molecular formula is C19H22N2O6. The summed E-state index contributed by atoms with van der Waals surface area (Å²) < 4.78 is 5.40. The summed E-state index contributed by atoms with van der Waals surface area (Å²) in [6.07, 6.45) is 1.31. The van der Waals surface area contributed by atoms with E-state index in [0.717, 1.165) is 0 Å². The highest BCUT2D eigenvalue weighted by atomic mass is 16.5. The second-order valence-corrected chi connectivity index (χ2v) is 6.84. The Bertz CT molecular complexity index is 790. The molecule has 2 heterocycles. The van der Waals surface area contributed by atoms with E-state index in [2.05, 4.69) is 0 Å². The predicted molar refractivity (Wildman–Crippen MR) is 95.9 cm³/mol. The molecule has 0 saturated carbocycles. The number of likely N-dealkylation sites (tertiary alicyclic amines) is 1. The summed E-state index contributed by atoms with van der Waals surface area (Å²) in [6, 6.07) is 4.88. The number of ether oxygens (including phenoxy) is 1. The minimum atomic E-state index is -0.887. The van der Waals surface area contributed by atoms with Gasteiger partial charge >= 0.3 is 5.97 Å². The third-order valence-corrected chi connectivity index (χ3v) is 4.98. The molecule has 2 aliphatic heterocycles. The smallest absolute Gasteiger partial charge is 0.308 e. The van der Waals surface area contributed by atoms with Crippen molar-refractivity contribution >= 4 is 29.3 Å². The molecule has 0 aliphatic carbocycles. The average molecular weight is 374 g/mol. The summed E-state index contributed by atoms with van der Waals surface area (Å²) in [5.41, 5.74) is 0.942. The highest BCUT2D eigenvalue weighted by Crippen LogP contribution is 2.33. The van der Waals surface area contributed by atoms with Crippen LogP contribution in [-0.2, 0) is 14.4 Å². The molecule has 0 radical (unpaired) electrons. The van der Waals surface area contributed by atoms with Gasteiger partial charge in [0.2, 0.25) is 5.91 Å². The van der Waals surface area contributed by atoms with Crippen molar-refractivity contribution in [2.24, 2.45) is 5.92 Å². The SMILES string of the molecule is CC(=O)c1ccc2c(c1)N(CCC(=O)N1CCCC(C(=O)O)C1)C(=O)CO2. The van der Waals surface area contributed by atoms with Gasteiger partial charge in [-0.25, -0.2) is 0 Å². The number of carboxylic acid groups (broad SMARTS) is 1. The van der Waals surface area contributed by atoms with Gasteiger partial charge in [-0.3, -0.25) is 19.2 Å². The lowest BCUT2D eigenvalue weighted by molar-refractivity contribution is -0.145. The monoisotopic (exact) mass is 374 g/mol. The van der Waals surface area contributed by atoms with Crippen LogP contribution in [0.5, 0.6) is 5.75 Å². The van der Waals surface area contributed by atoms with Gasteiger partial charge in [0, 0.05) is 31.6 Å². The zero-order valence-electron chi connectivity index (χ0n) is 15.1. The van der Waals surface area contributed by atoms with Crippen molar-refractivity contribution in [1.29, 1.82) is 0 Å². The Labute approximate surface area is 156 Å². The minimum Gasteiger partial charge on any atom is -0.482 e. The number of Topliss-reactive ketones (excluding diaryl/α,β-unsaturated/α-hetero) is 1. The number of ketones is 1. The van der Waals surface area contributed by atoms with Crippen molar-refractivity contribution in [3.63, 3.8) is 0 Å². The molecule has 1 aromatic carbocycles. The van der Waals surface area contributed by atoms with Crippen molar-refractivity contribution in [2.75, 3.05) is 31.1 Å². The zero-order chi connectivity index (χ0) is 19.6. The summed E-state index contributed by atoms with van der Waals surface area (Å²) in [5.74, 6) is -1.51. The molecule has 27 heavy (non-hydrogen) atoms. The lowest BCUT2D eigenvalue weighted by atomic mass is 9.98. The molecule has 0 aromatic heterocycles. The number of hydrogen-bond donors (Lipinski definition) is 1. The van der Waals surface area contributed by atoms with Crippen molar-refractivity contribution in [3.05, 3.63) is 23.8 Å². The quantitative estimate of drug-likeness (QED) is 0.780. The van der Waals surface area contributed by atoms with Gasteiger partial charge in [0.1, 0.15) is 5.75 Å². The molecule has 1 unspecified atom stereocenters. The molecule has 2 aliphatic rings. The number of carboxylic acids is 1. The van der Waals surface area contributed by atoms with Crippen molar-refractivity contribution in [2.45, 2.75) is 26.2 Å². The molecule has 2 amide bonds. The maximum absolute atomic E-state index is 12.5. The molecule has 0 spiro atoms. The van der Waals surface area contributed by atoms with Gasteiger partial charge in [0.25, 0.3) is 5.91 Å². The summed E-state index contributed by atoms with van der Waals surface area (Å²) in [4.78, 5) is 50.6. The first-order valence-corrected chi connectivity index (χ1v) is 8.95. The third kappa shape index (κ3) is 4.10. The largest absolute Gasteiger partial charge is 0.482 e. The first-order valence-electron chi connectivity index (χ1n) is 8.95. The molecule has 1 saturated heterocycles. The predicted octanol–water partition coefficient (Wildman–Crippen LogP) is 1.33. The Morgan fingerprint density at radius 1 is 1.30 bits per heavy atom. The summed E-state index contributed by atoms with van der Waals surface area (Å²) in [5, 5.41) is 9.15. The van der Waals surface area contributed by atoms with Gasteiger partial charge in [0.15, 0.2) is 12.4 Å². The van der Waals surface area contributed by atoms with Crippen LogP contribution in [0.15, 0.2) is 18.2 Å². The summed E-state index contributed by atoms with van der Waals surface area (Å²) >= 11 is 0. The Morgan fingerprint density at radius 2 is 2.07 bits per heavy atom. The first-order chi connectivity index (χ1) is 12.9. The van der Waals surface area contributed by atoms with Crippen LogP contribution in [0.2, 0.25) is 0 Å². The number of fused-ring (bicyclic) bond motifs is 1. The lowest BCUT2D eigenvalue weighted by Gasteiger charge is -2.33. The zero-order valence-corrected chi connectivity index (χ0v) is 15.1.